The van der Waals surface area contributed by atoms with Crippen LogP contribution in [-0.2, 0) is 13.1 Å². The Bertz CT molecular complexity index is 880. The summed E-state index contributed by atoms with van der Waals surface area (Å²) in [5, 5.41) is 3.85. The van der Waals surface area contributed by atoms with Crippen LogP contribution in [-0.4, -0.2) is 30.6 Å². The maximum absolute atomic E-state index is 5.65. The molecular formula is C27H32N2O. The fourth-order valence-corrected chi connectivity index (χ4v) is 4.41. The van der Waals surface area contributed by atoms with Crippen molar-refractivity contribution in [2.24, 2.45) is 0 Å². The molecule has 0 aliphatic carbocycles. The number of rotatable bonds is 8. The zero-order valence-electron chi connectivity index (χ0n) is 17.8. The molecule has 1 saturated heterocycles. The van der Waals surface area contributed by atoms with E-state index in [2.05, 4.69) is 95.1 Å². The molecule has 1 N–H and O–H groups in total. The molecule has 0 radical (unpaired) electrons. The zero-order chi connectivity index (χ0) is 20.6. The summed E-state index contributed by atoms with van der Waals surface area (Å²) in [7, 11) is 0. The molecule has 2 atom stereocenters. The van der Waals surface area contributed by atoms with Crippen molar-refractivity contribution in [1.29, 1.82) is 0 Å². The normalized spacial score (nSPS) is 19.5. The van der Waals surface area contributed by atoms with Crippen LogP contribution in [0.25, 0.3) is 0 Å². The van der Waals surface area contributed by atoms with E-state index in [1.807, 2.05) is 6.92 Å². The van der Waals surface area contributed by atoms with Gasteiger partial charge in [0.05, 0.1) is 6.61 Å². The maximum atomic E-state index is 5.65. The van der Waals surface area contributed by atoms with Crippen molar-refractivity contribution in [3.05, 3.63) is 102 Å². The number of hydrogen-bond acceptors (Lipinski definition) is 3. The molecular weight excluding hydrogens is 368 g/mol. The molecule has 0 saturated carbocycles. The fraction of sp³-hybridized carbons (Fsp3) is 0.333. The van der Waals surface area contributed by atoms with Gasteiger partial charge in [-0.1, -0.05) is 72.8 Å². The Morgan fingerprint density at radius 1 is 0.867 bits per heavy atom. The molecule has 1 aliphatic heterocycles. The summed E-state index contributed by atoms with van der Waals surface area (Å²) < 4.78 is 5.65. The van der Waals surface area contributed by atoms with Crippen LogP contribution >= 0.6 is 0 Å². The summed E-state index contributed by atoms with van der Waals surface area (Å²) in [6.07, 6.45) is 1.15. The van der Waals surface area contributed by atoms with Crippen molar-refractivity contribution in [2.75, 3.05) is 19.7 Å². The third-order valence-corrected chi connectivity index (χ3v) is 5.98. The zero-order valence-corrected chi connectivity index (χ0v) is 17.8. The minimum Gasteiger partial charge on any atom is -0.494 e. The van der Waals surface area contributed by atoms with Crippen molar-refractivity contribution in [3.8, 4) is 5.75 Å². The lowest BCUT2D eigenvalue weighted by Gasteiger charge is -2.39. The van der Waals surface area contributed by atoms with Crippen molar-refractivity contribution < 1.29 is 4.74 Å². The number of likely N-dealkylation sites (tertiary alicyclic amines) is 1. The highest BCUT2D eigenvalue weighted by molar-refractivity contribution is 5.31. The second-order valence-corrected chi connectivity index (χ2v) is 8.09. The van der Waals surface area contributed by atoms with E-state index in [1.54, 1.807) is 0 Å². The van der Waals surface area contributed by atoms with Crippen LogP contribution in [0.15, 0.2) is 84.9 Å². The van der Waals surface area contributed by atoms with Gasteiger partial charge in [0.25, 0.3) is 0 Å². The number of benzene rings is 3. The smallest absolute Gasteiger partial charge is 0.119 e. The van der Waals surface area contributed by atoms with Crippen molar-refractivity contribution in [2.45, 2.75) is 38.4 Å². The molecule has 0 unspecified atom stereocenters. The number of nitrogens with one attached hydrogen (secondary N) is 1. The van der Waals surface area contributed by atoms with Crippen molar-refractivity contribution in [3.63, 3.8) is 0 Å². The lowest BCUT2D eigenvalue weighted by atomic mass is 9.85. The third-order valence-electron chi connectivity index (χ3n) is 5.98. The summed E-state index contributed by atoms with van der Waals surface area (Å²) in [6, 6.07) is 30.7. The Balaban J connectivity index is 1.48. The molecule has 3 aromatic rings. The van der Waals surface area contributed by atoms with E-state index in [4.69, 9.17) is 4.74 Å². The largest absolute Gasteiger partial charge is 0.494 e. The first-order valence-corrected chi connectivity index (χ1v) is 11.1. The second kappa shape index (κ2) is 10.4. The SMILES string of the molecule is CCOc1ccc([C@@H]2CN(Cc3ccccc3)CC[C@H]2NCc2ccccc2)cc1. The van der Waals surface area contributed by atoms with Crippen LogP contribution in [0, 0.1) is 0 Å². The first-order valence-electron chi connectivity index (χ1n) is 11.1. The van der Waals surface area contributed by atoms with E-state index in [0.29, 0.717) is 18.6 Å². The number of piperidine rings is 1. The lowest BCUT2D eigenvalue weighted by Crippen LogP contribution is -2.47. The highest BCUT2D eigenvalue weighted by atomic mass is 16.5. The van der Waals surface area contributed by atoms with Gasteiger partial charge >= 0.3 is 0 Å². The Labute approximate surface area is 180 Å². The number of hydrogen-bond donors (Lipinski definition) is 1. The topological polar surface area (TPSA) is 24.5 Å². The van der Waals surface area contributed by atoms with Gasteiger partial charge in [-0.05, 0) is 42.2 Å². The highest BCUT2D eigenvalue weighted by Gasteiger charge is 2.30. The lowest BCUT2D eigenvalue weighted by molar-refractivity contribution is 0.166. The van der Waals surface area contributed by atoms with Crippen LogP contribution in [0.5, 0.6) is 5.75 Å². The highest BCUT2D eigenvalue weighted by Crippen LogP contribution is 2.30. The molecule has 3 heteroatoms. The van der Waals surface area contributed by atoms with E-state index in [1.165, 1.54) is 16.7 Å². The maximum Gasteiger partial charge on any atom is 0.119 e. The van der Waals surface area contributed by atoms with E-state index < -0.39 is 0 Å². The van der Waals surface area contributed by atoms with Crippen molar-refractivity contribution in [1.82, 2.24) is 10.2 Å². The third kappa shape index (κ3) is 5.50. The predicted molar refractivity (Wildman–Crippen MR) is 124 cm³/mol. The van der Waals surface area contributed by atoms with Gasteiger partial charge in [-0.25, -0.2) is 0 Å². The van der Waals surface area contributed by atoms with Gasteiger partial charge in [-0.3, -0.25) is 4.90 Å². The predicted octanol–water partition coefficient (Wildman–Crippen LogP) is 5.23. The van der Waals surface area contributed by atoms with Crippen molar-refractivity contribution >= 4 is 0 Å². The number of ether oxygens (including phenoxy) is 1. The molecule has 0 amide bonds. The Morgan fingerprint density at radius 3 is 2.20 bits per heavy atom. The van der Waals surface area contributed by atoms with Gasteiger partial charge in [-0.2, -0.15) is 0 Å². The summed E-state index contributed by atoms with van der Waals surface area (Å²) in [5.41, 5.74) is 4.12. The Hall–Kier alpha value is -2.62. The monoisotopic (exact) mass is 400 g/mol. The molecule has 0 aromatic heterocycles. The summed E-state index contributed by atoms with van der Waals surface area (Å²) in [5.74, 6) is 1.41. The van der Waals surface area contributed by atoms with E-state index >= 15 is 0 Å². The fourth-order valence-electron chi connectivity index (χ4n) is 4.41. The molecule has 30 heavy (non-hydrogen) atoms. The molecule has 0 bridgehead atoms. The van der Waals surface area contributed by atoms with Crippen LogP contribution < -0.4 is 10.1 Å². The van der Waals surface area contributed by atoms with Crippen LogP contribution in [0.1, 0.15) is 36.0 Å². The molecule has 1 aliphatic rings. The average molecular weight is 401 g/mol. The molecule has 1 heterocycles. The first-order chi connectivity index (χ1) is 14.8. The molecule has 3 aromatic carbocycles. The van der Waals surface area contributed by atoms with Gasteiger partial charge in [0.1, 0.15) is 5.75 Å². The molecule has 156 valence electrons. The first kappa shape index (κ1) is 20.6. The standard InChI is InChI=1S/C27H32N2O/c1-2-30-25-15-13-24(14-16-25)26-21-29(20-23-11-7-4-8-12-23)18-17-27(26)28-19-22-9-5-3-6-10-22/h3-16,26-28H,2,17-21H2,1H3/t26-,27+/m0/s1. The van der Waals surface area contributed by atoms with E-state index in [-0.39, 0.29) is 0 Å². The Morgan fingerprint density at radius 2 is 1.53 bits per heavy atom. The minimum atomic E-state index is 0.460. The summed E-state index contributed by atoms with van der Waals surface area (Å²) in [4.78, 5) is 2.59. The van der Waals surface area contributed by atoms with Gasteiger partial charge in [0.15, 0.2) is 0 Å². The van der Waals surface area contributed by atoms with Crippen LogP contribution in [0.4, 0.5) is 0 Å². The Kier molecular flexibility index (Phi) is 7.17. The summed E-state index contributed by atoms with van der Waals surface area (Å²) in [6.45, 7) is 6.84. The van der Waals surface area contributed by atoms with Crippen LogP contribution in [0.3, 0.4) is 0 Å². The van der Waals surface area contributed by atoms with Gasteiger partial charge in [0.2, 0.25) is 0 Å². The van der Waals surface area contributed by atoms with E-state index in [9.17, 15) is 0 Å². The van der Waals surface area contributed by atoms with Crippen LogP contribution in [0.2, 0.25) is 0 Å². The second-order valence-electron chi connectivity index (χ2n) is 8.09. The van der Waals surface area contributed by atoms with Gasteiger partial charge in [-0.15, -0.1) is 0 Å². The summed E-state index contributed by atoms with van der Waals surface area (Å²) >= 11 is 0. The molecule has 0 spiro atoms. The van der Waals surface area contributed by atoms with Gasteiger partial charge in [0, 0.05) is 38.1 Å². The van der Waals surface area contributed by atoms with E-state index in [0.717, 1.165) is 38.3 Å². The molecule has 4 rings (SSSR count). The molecule has 3 nitrogen and oxygen atoms in total. The molecule has 1 fully saturated rings. The number of nitrogens with zero attached hydrogens (tertiary/aromatic N) is 1. The minimum absolute atomic E-state index is 0.460. The average Bonchev–Trinajstić information content (AvgIpc) is 2.80. The van der Waals surface area contributed by atoms with Gasteiger partial charge < -0.3 is 10.1 Å². The quantitative estimate of drug-likeness (QED) is 0.560.